The first-order valence-electron chi connectivity index (χ1n) is 7.30. The summed E-state index contributed by atoms with van der Waals surface area (Å²) in [5.41, 5.74) is 1.08. The summed E-state index contributed by atoms with van der Waals surface area (Å²) < 4.78 is 27.4. The fourth-order valence-corrected chi connectivity index (χ4v) is 2.83. The lowest BCUT2D eigenvalue weighted by molar-refractivity contribution is -0.131. The van der Waals surface area contributed by atoms with Gasteiger partial charge in [-0.1, -0.05) is 36.4 Å². The van der Waals surface area contributed by atoms with Gasteiger partial charge in [0.1, 0.15) is 11.6 Å². The van der Waals surface area contributed by atoms with Crippen LogP contribution in [0.2, 0.25) is 0 Å². The molecule has 22 heavy (non-hydrogen) atoms. The van der Waals surface area contributed by atoms with Crippen LogP contribution in [-0.2, 0) is 11.3 Å². The van der Waals surface area contributed by atoms with Crippen molar-refractivity contribution in [2.45, 2.75) is 18.9 Å². The quantitative estimate of drug-likeness (QED) is 0.842. The summed E-state index contributed by atoms with van der Waals surface area (Å²) in [7, 11) is 1.66. The van der Waals surface area contributed by atoms with Gasteiger partial charge in [0.25, 0.3) is 0 Å². The standard InChI is InChI=1S/C18H17F2NO/c1-21(11-12-6-2-4-8-16(12)19)18(22)15-10-14(15)13-7-3-5-9-17(13)20/h2-9,14-15H,10-11H2,1H3. The van der Waals surface area contributed by atoms with Crippen molar-refractivity contribution >= 4 is 5.91 Å². The zero-order chi connectivity index (χ0) is 15.7. The molecule has 2 aromatic rings. The molecule has 0 aromatic heterocycles. The Bertz CT molecular complexity index is 697. The Hall–Kier alpha value is -2.23. The molecule has 3 rings (SSSR count). The van der Waals surface area contributed by atoms with E-state index in [9.17, 15) is 13.6 Å². The van der Waals surface area contributed by atoms with Crippen molar-refractivity contribution in [3.8, 4) is 0 Å². The molecular formula is C18H17F2NO. The average Bonchev–Trinajstić information content (AvgIpc) is 3.29. The number of carbonyl (C=O) groups excluding carboxylic acids is 1. The van der Waals surface area contributed by atoms with Gasteiger partial charge in [-0.2, -0.15) is 0 Å². The lowest BCUT2D eigenvalue weighted by atomic mass is 10.1. The number of halogens is 2. The van der Waals surface area contributed by atoms with Crippen LogP contribution in [0.1, 0.15) is 23.5 Å². The predicted molar refractivity (Wildman–Crippen MR) is 80.1 cm³/mol. The van der Waals surface area contributed by atoms with E-state index in [-0.39, 0.29) is 35.9 Å². The highest BCUT2D eigenvalue weighted by Gasteiger charge is 2.46. The largest absolute Gasteiger partial charge is 0.341 e. The van der Waals surface area contributed by atoms with Crippen LogP contribution in [0.3, 0.4) is 0 Å². The topological polar surface area (TPSA) is 20.3 Å². The first kappa shape index (κ1) is 14.7. The summed E-state index contributed by atoms with van der Waals surface area (Å²) >= 11 is 0. The smallest absolute Gasteiger partial charge is 0.226 e. The van der Waals surface area contributed by atoms with Gasteiger partial charge in [-0.15, -0.1) is 0 Å². The minimum absolute atomic E-state index is 0.0585. The Morgan fingerprint density at radius 2 is 1.73 bits per heavy atom. The van der Waals surface area contributed by atoms with Gasteiger partial charge in [0.05, 0.1) is 0 Å². The van der Waals surface area contributed by atoms with Gasteiger partial charge in [0.2, 0.25) is 5.91 Å². The minimum atomic E-state index is -0.316. The predicted octanol–water partition coefficient (Wildman–Crippen LogP) is 3.73. The van der Waals surface area contributed by atoms with E-state index in [0.29, 0.717) is 17.5 Å². The Balaban J connectivity index is 1.66. The molecule has 1 aliphatic carbocycles. The van der Waals surface area contributed by atoms with E-state index < -0.39 is 0 Å². The highest BCUT2D eigenvalue weighted by molar-refractivity contribution is 5.82. The normalized spacial score (nSPS) is 19.8. The zero-order valence-electron chi connectivity index (χ0n) is 12.3. The Morgan fingerprint density at radius 1 is 1.09 bits per heavy atom. The monoisotopic (exact) mass is 301 g/mol. The van der Waals surface area contributed by atoms with Crippen LogP contribution in [0.15, 0.2) is 48.5 Å². The van der Waals surface area contributed by atoms with Gasteiger partial charge in [0, 0.05) is 25.1 Å². The van der Waals surface area contributed by atoms with Gasteiger partial charge in [-0.3, -0.25) is 4.79 Å². The highest BCUT2D eigenvalue weighted by Crippen LogP contribution is 2.49. The molecular weight excluding hydrogens is 284 g/mol. The molecule has 2 unspecified atom stereocenters. The lowest BCUT2D eigenvalue weighted by Gasteiger charge is -2.18. The average molecular weight is 301 g/mol. The molecule has 0 aliphatic heterocycles. The maximum Gasteiger partial charge on any atom is 0.226 e. The third-order valence-corrected chi connectivity index (χ3v) is 4.15. The van der Waals surface area contributed by atoms with E-state index in [2.05, 4.69) is 0 Å². The second-order valence-electron chi connectivity index (χ2n) is 5.76. The number of nitrogens with zero attached hydrogens (tertiary/aromatic N) is 1. The number of amides is 1. The van der Waals surface area contributed by atoms with E-state index in [1.54, 1.807) is 43.4 Å². The maximum absolute atomic E-state index is 13.7. The molecule has 4 heteroatoms. The molecule has 1 fully saturated rings. The fourth-order valence-electron chi connectivity index (χ4n) is 2.83. The molecule has 1 amide bonds. The van der Waals surface area contributed by atoms with Gasteiger partial charge in [-0.05, 0) is 30.0 Å². The molecule has 2 aromatic carbocycles. The fraction of sp³-hybridized carbons (Fsp3) is 0.278. The minimum Gasteiger partial charge on any atom is -0.341 e. The summed E-state index contributed by atoms with van der Waals surface area (Å²) in [6.07, 6.45) is 0.654. The Kier molecular flexibility index (Phi) is 3.92. The Labute approximate surface area is 128 Å². The van der Waals surface area contributed by atoms with Crippen LogP contribution in [0.5, 0.6) is 0 Å². The lowest BCUT2D eigenvalue weighted by Crippen LogP contribution is -2.28. The van der Waals surface area contributed by atoms with Crippen molar-refractivity contribution in [3.63, 3.8) is 0 Å². The van der Waals surface area contributed by atoms with Gasteiger partial charge in [0.15, 0.2) is 0 Å². The van der Waals surface area contributed by atoms with Gasteiger partial charge in [-0.25, -0.2) is 8.78 Å². The first-order valence-corrected chi connectivity index (χ1v) is 7.30. The molecule has 0 heterocycles. The molecule has 0 spiro atoms. The van der Waals surface area contributed by atoms with E-state index in [0.717, 1.165) is 0 Å². The van der Waals surface area contributed by atoms with Crippen LogP contribution in [0, 0.1) is 17.6 Å². The molecule has 114 valence electrons. The van der Waals surface area contributed by atoms with Crippen LogP contribution >= 0.6 is 0 Å². The number of carbonyl (C=O) groups is 1. The summed E-state index contributed by atoms with van der Waals surface area (Å²) in [4.78, 5) is 13.9. The Morgan fingerprint density at radius 3 is 2.41 bits per heavy atom. The van der Waals surface area contributed by atoms with Crippen molar-refractivity contribution in [1.82, 2.24) is 4.90 Å². The van der Waals surface area contributed by atoms with E-state index in [1.807, 2.05) is 0 Å². The SMILES string of the molecule is CN(Cc1ccccc1F)C(=O)C1CC1c1ccccc1F. The third-order valence-electron chi connectivity index (χ3n) is 4.15. The molecule has 0 saturated heterocycles. The van der Waals surface area contributed by atoms with Crippen molar-refractivity contribution in [2.24, 2.45) is 5.92 Å². The van der Waals surface area contributed by atoms with Crippen LogP contribution in [0.25, 0.3) is 0 Å². The molecule has 2 atom stereocenters. The van der Waals surface area contributed by atoms with Crippen molar-refractivity contribution in [1.29, 1.82) is 0 Å². The highest BCUT2D eigenvalue weighted by atomic mass is 19.1. The van der Waals surface area contributed by atoms with Gasteiger partial charge < -0.3 is 4.90 Å². The molecule has 1 aliphatic rings. The van der Waals surface area contributed by atoms with E-state index in [4.69, 9.17) is 0 Å². The van der Waals surface area contributed by atoms with Gasteiger partial charge >= 0.3 is 0 Å². The zero-order valence-corrected chi connectivity index (χ0v) is 12.3. The van der Waals surface area contributed by atoms with E-state index >= 15 is 0 Å². The van der Waals surface area contributed by atoms with Crippen LogP contribution in [0.4, 0.5) is 8.78 Å². The third kappa shape index (κ3) is 2.86. The number of hydrogen-bond donors (Lipinski definition) is 0. The number of hydrogen-bond acceptors (Lipinski definition) is 1. The molecule has 2 nitrogen and oxygen atoms in total. The molecule has 1 saturated carbocycles. The number of benzene rings is 2. The summed E-state index contributed by atoms with van der Waals surface area (Å²) in [5.74, 6) is -0.898. The maximum atomic E-state index is 13.7. The summed E-state index contributed by atoms with van der Waals surface area (Å²) in [6, 6.07) is 13.0. The molecule has 0 bridgehead atoms. The van der Waals surface area contributed by atoms with E-state index in [1.165, 1.54) is 17.0 Å². The second-order valence-corrected chi connectivity index (χ2v) is 5.76. The van der Waals surface area contributed by atoms with Crippen molar-refractivity contribution in [3.05, 3.63) is 71.3 Å². The molecule has 0 N–H and O–H groups in total. The summed E-state index contributed by atoms with van der Waals surface area (Å²) in [6.45, 7) is 0.228. The van der Waals surface area contributed by atoms with Crippen molar-refractivity contribution in [2.75, 3.05) is 7.05 Å². The molecule has 0 radical (unpaired) electrons. The van der Waals surface area contributed by atoms with Crippen LogP contribution < -0.4 is 0 Å². The summed E-state index contributed by atoms with van der Waals surface area (Å²) in [5, 5.41) is 0. The number of rotatable bonds is 4. The van der Waals surface area contributed by atoms with Crippen molar-refractivity contribution < 1.29 is 13.6 Å². The van der Waals surface area contributed by atoms with Crippen LogP contribution in [-0.4, -0.2) is 17.9 Å². The first-order chi connectivity index (χ1) is 10.6. The second kappa shape index (κ2) is 5.87.